The van der Waals surface area contributed by atoms with Gasteiger partial charge in [-0.1, -0.05) is 6.92 Å². The third kappa shape index (κ3) is 2.56. The summed E-state index contributed by atoms with van der Waals surface area (Å²) in [6, 6.07) is 0. The fourth-order valence-electron chi connectivity index (χ4n) is 0.919. The Hall–Kier alpha value is -1.36. The number of aromatic nitrogens is 2. The van der Waals surface area contributed by atoms with Crippen molar-refractivity contribution in [1.29, 1.82) is 0 Å². The molecule has 0 saturated carbocycles. The fraction of sp³-hybridized carbons (Fsp3) is 0.375. The molecule has 1 heterocycles. The van der Waals surface area contributed by atoms with Gasteiger partial charge in [-0.05, 0) is 18.0 Å². The summed E-state index contributed by atoms with van der Waals surface area (Å²) in [5.41, 5.74) is 5.39. The van der Waals surface area contributed by atoms with Crippen LogP contribution < -0.4 is 11.1 Å². The van der Waals surface area contributed by atoms with Crippen LogP contribution >= 0.6 is 11.6 Å². The molecule has 0 bridgehead atoms. The Labute approximate surface area is 86.7 Å². The van der Waals surface area contributed by atoms with Crippen LogP contribution in [0.3, 0.4) is 0 Å². The van der Waals surface area contributed by atoms with Crippen LogP contribution in [0.4, 0.5) is 5.82 Å². The number of carbonyl (C=O) groups is 1. The van der Waals surface area contributed by atoms with Gasteiger partial charge in [0.1, 0.15) is 5.82 Å². The van der Waals surface area contributed by atoms with Gasteiger partial charge in [0.05, 0.1) is 5.56 Å². The van der Waals surface area contributed by atoms with Crippen molar-refractivity contribution in [1.82, 2.24) is 9.97 Å². The fourth-order valence-corrected chi connectivity index (χ4v) is 1.05. The van der Waals surface area contributed by atoms with Gasteiger partial charge < -0.3 is 11.1 Å². The first kappa shape index (κ1) is 10.7. The molecule has 1 aromatic rings. The highest BCUT2D eigenvalue weighted by Crippen LogP contribution is 2.13. The minimum absolute atomic E-state index is 0.0913. The smallest absolute Gasteiger partial charge is 0.254 e. The summed E-state index contributed by atoms with van der Waals surface area (Å²) in [4.78, 5) is 18.5. The van der Waals surface area contributed by atoms with Gasteiger partial charge in [-0.3, -0.25) is 4.79 Å². The number of primary amides is 1. The predicted molar refractivity (Wildman–Crippen MR) is 54.3 cm³/mol. The predicted octanol–water partition coefficient (Wildman–Crippen LogP) is 1.05. The maximum atomic E-state index is 11.0. The molecule has 0 atom stereocenters. The SMILES string of the molecule is CCCNc1nc(Cl)ncc1C(N)=O. The summed E-state index contributed by atoms with van der Waals surface area (Å²) in [5.74, 6) is -0.181. The third-order valence-electron chi connectivity index (χ3n) is 1.57. The van der Waals surface area contributed by atoms with E-state index in [-0.39, 0.29) is 10.8 Å². The second-order valence-electron chi connectivity index (χ2n) is 2.69. The Balaban J connectivity index is 2.97. The third-order valence-corrected chi connectivity index (χ3v) is 1.75. The first-order chi connectivity index (χ1) is 6.65. The molecular weight excluding hydrogens is 204 g/mol. The molecule has 0 saturated heterocycles. The van der Waals surface area contributed by atoms with Crippen LogP contribution in [0.1, 0.15) is 23.7 Å². The van der Waals surface area contributed by atoms with Gasteiger partial charge in [0.15, 0.2) is 0 Å². The van der Waals surface area contributed by atoms with Gasteiger partial charge in [-0.25, -0.2) is 4.98 Å². The van der Waals surface area contributed by atoms with Crippen LogP contribution in [0.15, 0.2) is 6.20 Å². The minimum atomic E-state index is -0.569. The second kappa shape index (κ2) is 4.76. The molecule has 1 amide bonds. The van der Waals surface area contributed by atoms with Crippen molar-refractivity contribution < 1.29 is 4.79 Å². The van der Waals surface area contributed by atoms with E-state index < -0.39 is 5.91 Å². The lowest BCUT2D eigenvalue weighted by Crippen LogP contribution is -2.16. The zero-order valence-electron chi connectivity index (χ0n) is 7.75. The number of hydrogen-bond donors (Lipinski definition) is 2. The standard InChI is InChI=1S/C8H11ClN4O/c1-2-3-11-7-5(6(10)14)4-12-8(9)13-7/h4H,2-3H2,1H3,(H2,10,14)(H,11,12,13). The van der Waals surface area contributed by atoms with Crippen molar-refractivity contribution >= 4 is 23.3 Å². The molecule has 0 aromatic carbocycles. The summed E-state index contributed by atoms with van der Waals surface area (Å²) < 4.78 is 0. The molecule has 0 spiro atoms. The Morgan fingerprint density at radius 2 is 2.43 bits per heavy atom. The van der Waals surface area contributed by atoms with E-state index in [1.54, 1.807) is 0 Å². The summed E-state index contributed by atoms with van der Waals surface area (Å²) in [7, 11) is 0. The van der Waals surface area contributed by atoms with Crippen molar-refractivity contribution in [3.05, 3.63) is 17.0 Å². The average Bonchev–Trinajstić information content (AvgIpc) is 2.14. The molecular formula is C8H11ClN4O. The largest absolute Gasteiger partial charge is 0.369 e. The van der Waals surface area contributed by atoms with E-state index in [0.717, 1.165) is 6.42 Å². The molecule has 0 radical (unpaired) electrons. The lowest BCUT2D eigenvalue weighted by atomic mass is 10.3. The van der Waals surface area contributed by atoms with Crippen molar-refractivity contribution in [3.8, 4) is 0 Å². The summed E-state index contributed by atoms with van der Waals surface area (Å²) in [5, 5.41) is 3.04. The van der Waals surface area contributed by atoms with Gasteiger partial charge >= 0.3 is 0 Å². The molecule has 0 aliphatic rings. The van der Waals surface area contributed by atoms with Crippen molar-refractivity contribution in [2.45, 2.75) is 13.3 Å². The zero-order valence-corrected chi connectivity index (χ0v) is 8.51. The zero-order chi connectivity index (χ0) is 10.6. The molecule has 1 aromatic heterocycles. The van der Waals surface area contributed by atoms with Crippen LogP contribution in [0, 0.1) is 0 Å². The molecule has 1 rings (SSSR count). The first-order valence-corrected chi connectivity index (χ1v) is 4.59. The van der Waals surface area contributed by atoms with Crippen LogP contribution in [0.5, 0.6) is 0 Å². The first-order valence-electron chi connectivity index (χ1n) is 4.21. The normalized spacial score (nSPS) is 9.86. The van der Waals surface area contributed by atoms with Gasteiger partial charge in [-0.2, -0.15) is 4.98 Å². The van der Waals surface area contributed by atoms with Crippen molar-refractivity contribution in [2.75, 3.05) is 11.9 Å². The molecule has 14 heavy (non-hydrogen) atoms. The minimum Gasteiger partial charge on any atom is -0.369 e. The Morgan fingerprint density at radius 3 is 3.00 bits per heavy atom. The van der Waals surface area contributed by atoms with E-state index in [1.165, 1.54) is 6.20 Å². The number of carbonyl (C=O) groups excluding carboxylic acids is 1. The van der Waals surface area contributed by atoms with Gasteiger partial charge in [0, 0.05) is 12.7 Å². The van der Waals surface area contributed by atoms with Crippen molar-refractivity contribution in [3.63, 3.8) is 0 Å². The topological polar surface area (TPSA) is 80.9 Å². The van der Waals surface area contributed by atoms with Gasteiger partial charge in [-0.15, -0.1) is 0 Å². The molecule has 5 nitrogen and oxygen atoms in total. The lowest BCUT2D eigenvalue weighted by molar-refractivity contribution is 0.100. The number of nitrogens with zero attached hydrogens (tertiary/aromatic N) is 2. The van der Waals surface area contributed by atoms with Gasteiger partial charge in [0.2, 0.25) is 5.28 Å². The van der Waals surface area contributed by atoms with E-state index >= 15 is 0 Å². The van der Waals surface area contributed by atoms with E-state index in [2.05, 4.69) is 15.3 Å². The van der Waals surface area contributed by atoms with Gasteiger partial charge in [0.25, 0.3) is 5.91 Å². The van der Waals surface area contributed by atoms with Crippen molar-refractivity contribution in [2.24, 2.45) is 5.73 Å². The summed E-state index contributed by atoms with van der Waals surface area (Å²) in [6.45, 7) is 2.70. The number of rotatable bonds is 4. The number of anilines is 1. The second-order valence-corrected chi connectivity index (χ2v) is 3.03. The number of hydrogen-bond acceptors (Lipinski definition) is 4. The molecule has 0 aliphatic heterocycles. The molecule has 0 unspecified atom stereocenters. The Bertz CT molecular complexity index is 342. The average molecular weight is 215 g/mol. The molecule has 6 heteroatoms. The molecule has 3 N–H and O–H groups in total. The molecule has 0 fully saturated rings. The van der Waals surface area contributed by atoms with Crippen LogP contribution in [-0.4, -0.2) is 22.4 Å². The monoisotopic (exact) mass is 214 g/mol. The number of amides is 1. The highest BCUT2D eigenvalue weighted by Gasteiger charge is 2.10. The maximum absolute atomic E-state index is 11.0. The number of nitrogens with two attached hydrogens (primary N) is 1. The molecule has 0 aliphatic carbocycles. The van der Waals surface area contributed by atoms with Crippen LogP contribution in [0.2, 0.25) is 5.28 Å². The van der Waals surface area contributed by atoms with E-state index in [1.807, 2.05) is 6.92 Å². The van der Waals surface area contributed by atoms with E-state index in [9.17, 15) is 4.79 Å². The van der Waals surface area contributed by atoms with E-state index in [0.29, 0.717) is 12.4 Å². The van der Waals surface area contributed by atoms with Crippen LogP contribution in [-0.2, 0) is 0 Å². The Kier molecular flexibility index (Phi) is 3.64. The summed E-state index contributed by atoms with van der Waals surface area (Å²) >= 11 is 5.59. The Morgan fingerprint density at radius 1 is 1.71 bits per heavy atom. The quantitative estimate of drug-likeness (QED) is 0.735. The number of nitrogens with one attached hydrogen (secondary N) is 1. The number of halogens is 1. The maximum Gasteiger partial charge on any atom is 0.254 e. The van der Waals surface area contributed by atoms with Crippen LogP contribution in [0.25, 0.3) is 0 Å². The summed E-state index contributed by atoms with van der Waals surface area (Å²) in [6.07, 6.45) is 2.23. The highest BCUT2D eigenvalue weighted by atomic mass is 35.5. The highest BCUT2D eigenvalue weighted by molar-refractivity contribution is 6.28. The molecule has 76 valence electrons. The lowest BCUT2D eigenvalue weighted by Gasteiger charge is -2.06. The van der Waals surface area contributed by atoms with E-state index in [4.69, 9.17) is 17.3 Å².